The van der Waals surface area contributed by atoms with Gasteiger partial charge in [0.05, 0.1) is 25.4 Å². The van der Waals surface area contributed by atoms with Gasteiger partial charge in [-0.1, -0.05) is 0 Å². The fourth-order valence-corrected chi connectivity index (χ4v) is 4.15. The Hall–Kier alpha value is -4.40. The number of amides is 1. The predicted molar refractivity (Wildman–Crippen MR) is 120 cm³/mol. The van der Waals surface area contributed by atoms with Crippen molar-refractivity contribution in [2.24, 2.45) is 0 Å². The van der Waals surface area contributed by atoms with Crippen molar-refractivity contribution in [1.29, 1.82) is 0 Å². The number of aliphatic hydroxyl groups is 1. The van der Waals surface area contributed by atoms with Gasteiger partial charge < -0.3 is 28.5 Å². The Morgan fingerprint density at radius 2 is 1.79 bits per heavy atom. The van der Waals surface area contributed by atoms with Crippen molar-refractivity contribution in [2.45, 2.75) is 13.0 Å². The third-order valence-corrected chi connectivity index (χ3v) is 5.77. The van der Waals surface area contributed by atoms with Crippen LogP contribution >= 0.6 is 0 Å². The van der Waals surface area contributed by atoms with Gasteiger partial charge in [0.2, 0.25) is 6.79 Å². The van der Waals surface area contributed by atoms with E-state index in [1.807, 2.05) is 0 Å². The molecular weight excluding hydrogens is 442 g/mol. The highest BCUT2D eigenvalue weighted by molar-refractivity contribution is 6.51. The molecule has 1 atom stereocenters. The third-order valence-electron chi connectivity index (χ3n) is 5.77. The predicted octanol–water partition coefficient (Wildman–Crippen LogP) is 3.96. The lowest BCUT2D eigenvalue weighted by Crippen LogP contribution is -2.29. The Morgan fingerprint density at radius 1 is 1.00 bits per heavy atom. The summed E-state index contributed by atoms with van der Waals surface area (Å²) in [7, 11) is 2.92. The minimum absolute atomic E-state index is 0.0635. The fourth-order valence-electron chi connectivity index (χ4n) is 4.15. The van der Waals surface area contributed by atoms with Crippen LogP contribution in [0.4, 0.5) is 5.69 Å². The van der Waals surface area contributed by atoms with Crippen LogP contribution < -0.4 is 23.8 Å². The average molecular weight is 463 g/mol. The largest absolute Gasteiger partial charge is 0.507 e. The maximum Gasteiger partial charge on any atom is 0.300 e. The number of furan rings is 1. The maximum atomic E-state index is 13.3. The number of carbonyl (C=O) groups is 2. The number of ketones is 1. The third kappa shape index (κ3) is 3.33. The van der Waals surface area contributed by atoms with E-state index >= 15 is 0 Å². The highest BCUT2D eigenvalue weighted by Crippen LogP contribution is 2.46. The topological polar surface area (TPSA) is 108 Å². The summed E-state index contributed by atoms with van der Waals surface area (Å²) in [6, 6.07) is 12.1. The zero-order valence-electron chi connectivity index (χ0n) is 18.7. The molecule has 1 saturated heterocycles. The van der Waals surface area contributed by atoms with Crippen molar-refractivity contribution >= 4 is 23.1 Å². The number of hydrogen-bond donors (Lipinski definition) is 1. The number of nitrogens with zero attached hydrogens (tertiary/aromatic N) is 1. The van der Waals surface area contributed by atoms with E-state index in [2.05, 4.69) is 0 Å². The number of benzene rings is 2. The van der Waals surface area contributed by atoms with Crippen molar-refractivity contribution in [3.05, 3.63) is 71.2 Å². The van der Waals surface area contributed by atoms with E-state index in [0.717, 1.165) is 0 Å². The van der Waals surface area contributed by atoms with Crippen LogP contribution in [-0.2, 0) is 9.59 Å². The molecule has 5 rings (SSSR count). The van der Waals surface area contributed by atoms with E-state index in [1.165, 1.54) is 25.2 Å². The lowest BCUT2D eigenvalue weighted by molar-refractivity contribution is -0.132. The standard InChI is InChI=1S/C25H21NO8/c1-13-4-7-19(34-13)22-21(23(27)16-11-15(30-2)6-9-17(16)31-3)24(28)25(29)26(22)14-5-8-18-20(10-14)33-12-32-18/h4-11,22,27H,12H2,1-3H3/b23-21-. The van der Waals surface area contributed by atoms with Crippen LogP contribution in [-0.4, -0.2) is 37.8 Å². The molecule has 3 heterocycles. The number of fused-ring (bicyclic) bond motifs is 1. The van der Waals surface area contributed by atoms with Crippen molar-refractivity contribution < 1.29 is 38.1 Å². The molecule has 2 aromatic carbocycles. The molecule has 174 valence electrons. The number of Topliss-reactive ketones (excluding diaryl/α,β-unsaturated/α-hetero) is 1. The monoisotopic (exact) mass is 463 g/mol. The molecule has 34 heavy (non-hydrogen) atoms. The maximum absolute atomic E-state index is 13.3. The average Bonchev–Trinajstić information content (AvgIpc) is 3.56. The van der Waals surface area contributed by atoms with Crippen LogP contribution in [0.25, 0.3) is 5.76 Å². The number of rotatable bonds is 5. The normalized spacial score (nSPS) is 18.4. The molecule has 1 unspecified atom stereocenters. The molecular formula is C25H21NO8. The van der Waals surface area contributed by atoms with Crippen LogP contribution in [0.5, 0.6) is 23.0 Å². The number of ether oxygens (including phenoxy) is 4. The number of aliphatic hydroxyl groups excluding tert-OH is 1. The zero-order chi connectivity index (χ0) is 24.0. The molecule has 1 fully saturated rings. The van der Waals surface area contributed by atoms with Gasteiger partial charge in [-0.25, -0.2) is 0 Å². The van der Waals surface area contributed by atoms with E-state index in [9.17, 15) is 14.7 Å². The Balaban J connectivity index is 1.72. The molecule has 9 heteroatoms. The first-order valence-electron chi connectivity index (χ1n) is 10.4. The molecule has 9 nitrogen and oxygen atoms in total. The van der Waals surface area contributed by atoms with E-state index in [-0.39, 0.29) is 17.9 Å². The summed E-state index contributed by atoms with van der Waals surface area (Å²) in [6.45, 7) is 1.81. The van der Waals surface area contributed by atoms with Crippen molar-refractivity contribution in [2.75, 3.05) is 25.9 Å². The van der Waals surface area contributed by atoms with Gasteiger partial charge in [0.25, 0.3) is 11.7 Å². The van der Waals surface area contributed by atoms with Gasteiger partial charge in [-0.2, -0.15) is 0 Å². The Kier molecular flexibility index (Phi) is 5.16. The van der Waals surface area contributed by atoms with Gasteiger partial charge in [-0.15, -0.1) is 0 Å². The molecule has 1 aromatic heterocycles. The first-order valence-corrected chi connectivity index (χ1v) is 10.4. The summed E-state index contributed by atoms with van der Waals surface area (Å²) in [5.74, 6) is 0.551. The smallest absolute Gasteiger partial charge is 0.300 e. The van der Waals surface area contributed by atoms with Gasteiger partial charge in [-0.3, -0.25) is 14.5 Å². The van der Waals surface area contributed by atoms with Crippen molar-refractivity contribution in [3.8, 4) is 23.0 Å². The van der Waals surface area contributed by atoms with Crippen LogP contribution in [0.3, 0.4) is 0 Å². The minimum atomic E-state index is -1.02. The minimum Gasteiger partial charge on any atom is -0.507 e. The molecule has 1 amide bonds. The molecule has 0 aliphatic carbocycles. The van der Waals surface area contributed by atoms with Crippen molar-refractivity contribution in [1.82, 2.24) is 0 Å². The highest BCUT2D eigenvalue weighted by Gasteiger charge is 2.49. The van der Waals surface area contributed by atoms with E-state index < -0.39 is 23.5 Å². The van der Waals surface area contributed by atoms with Crippen LogP contribution in [0.2, 0.25) is 0 Å². The molecule has 2 aliphatic rings. The van der Waals surface area contributed by atoms with Gasteiger partial charge in [0.1, 0.15) is 34.8 Å². The summed E-state index contributed by atoms with van der Waals surface area (Å²) in [5, 5.41) is 11.4. The van der Waals surface area contributed by atoms with Crippen LogP contribution in [0.15, 0.2) is 58.5 Å². The van der Waals surface area contributed by atoms with Crippen LogP contribution in [0, 0.1) is 6.92 Å². The number of hydrogen-bond acceptors (Lipinski definition) is 8. The molecule has 0 bridgehead atoms. The SMILES string of the molecule is COc1ccc(OC)c(/C(O)=C2/C(=O)C(=O)N(c3ccc4c(c3)OCO4)C2c2ccc(C)o2)c1. The lowest BCUT2D eigenvalue weighted by atomic mass is 9.98. The summed E-state index contributed by atoms with van der Waals surface area (Å²) >= 11 is 0. The zero-order valence-corrected chi connectivity index (χ0v) is 18.7. The van der Waals surface area contributed by atoms with E-state index in [4.69, 9.17) is 23.4 Å². The summed E-state index contributed by atoms with van der Waals surface area (Å²) in [5.41, 5.74) is 0.462. The number of methoxy groups -OCH3 is 2. The van der Waals surface area contributed by atoms with Gasteiger partial charge in [0.15, 0.2) is 11.5 Å². The number of anilines is 1. The first kappa shape index (κ1) is 21.4. The van der Waals surface area contributed by atoms with Crippen molar-refractivity contribution in [3.63, 3.8) is 0 Å². The molecule has 2 aliphatic heterocycles. The molecule has 0 spiro atoms. The molecule has 0 radical (unpaired) electrons. The second-order valence-corrected chi connectivity index (χ2v) is 7.72. The Morgan fingerprint density at radius 3 is 2.50 bits per heavy atom. The van der Waals surface area contributed by atoms with Crippen LogP contribution in [0.1, 0.15) is 23.1 Å². The van der Waals surface area contributed by atoms with E-state index in [1.54, 1.807) is 49.4 Å². The lowest BCUT2D eigenvalue weighted by Gasteiger charge is -2.23. The first-order chi connectivity index (χ1) is 16.4. The Bertz CT molecular complexity index is 1340. The van der Waals surface area contributed by atoms with Gasteiger partial charge in [-0.05, 0) is 49.4 Å². The van der Waals surface area contributed by atoms with Gasteiger partial charge >= 0.3 is 0 Å². The molecule has 3 aromatic rings. The fraction of sp³-hybridized carbons (Fsp3) is 0.200. The summed E-state index contributed by atoms with van der Waals surface area (Å²) in [6.07, 6.45) is 0. The van der Waals surface area contributed by atoms with Gasteiger partial charge in [0, 0.05) is 11.8 Å². The Labute approximate surface area is 194 Å². The number of carbonyl (C=O) groups excluding carboxylic acids is 2. The second kappa shape index (κ2) is 8.18. The molecule has 1 N–H and O–H groups in total. The quantitative estimate of drug-likeness (QED) is 0.344. The second-order valence-electron chi connectivity index (χ2n) is 7.72. The highest BCUT2D eigenvalue weighted by atomic mass is 16.7. The summed E-state index contributed by atoms with van der Waals surface area (Å²) in [4.78, 5) is 27.9. The number of aryl methyl sites for hydroxylation is 1. The summed E-state index contributed by atoms with van der Waals surface area (Å²) < 4.78 is 27.3. The van der Waals surface area contributed by atoms with E-state index in [0.29, 0.717) is 40.2 Å². The molecule has 0 saturated carbocycles.